The zero-order valence-electron chi connectivity index (χ0n) is 32.3. The Morgan fingerprint density at radius 3 is 2.20 bits per heavy atom. The number of fused-ring (bicyclic) bond motifs is 7. The van der Waals surface area contributed by atoms with Crippen LogP contribution in [0.5, 0.6) is 0 Å². The number of halogens is 1. The van der Waals surface area contributed by atoms with E-state index in [1.54, 1.807) is 11.3 Å². The third kappa shape index (κ3) is 7.24. The molecule has 0 saturated heterocycles. The predicted molar refractivity (Wildman–Crippen MR) is 246 cm³/mol. The van der Waals surface area contributed by atoms with Crippen LogP contribution in [0.3, 0.4) is 0 Å². The maximum atomic E-state index is 15.6. The summed E-state index contributed by atoms with van der Waals surface area (Å²) in [6, 6.07) is 57.4. The van der Waals surface area contributed by atoms with Crippen molar-refractivity contribution in [3.05, 3.63) is 176 Å². The first-order valence-corrected chi connectivity index (χ1v) is 24.3. The third-order valence-corrected chi connectivity index (χ3v) is 14.8. The third-order valence-electron chi connectivity index (χ3n) is 10.4. The number of thiophene rings is 2. The van der Waals surface area contributed by atoms with E-state index in [4.69, 9.17) is 9.97 Å². The fourth-order valence-electron chi connectivity index (χ4n) is 7.44. The summed E-state index contributed by atoms with van der Waals surface area (Å²) in [6.07, 6.45) is 2.02. The Bertz CT molecular complexity index is 3280. The van der Waals surface area contributed by atoms with E-state index in [1.165, 1.54) is 42.8 Å². The first-order chi connectivity index (χ1) is 28.3. The molecule has 0 aliphatic rings. The Balaban J connectivity index is 0.000000224. The Hall–Kier alpha value is -5.67. The Labute approximate surface area is 364 Å². The summed E-state index contributed by atoms with van der Waals surface area (Å²) in [5.41, 5.74) is 8.00. The zero-order chi connectivity index (χ0) is 39.4. The molecule has 11 rings (SSSR count). The van der Waals surface area contributed by atoms with Crippen molar-refractivity contribution in [1.82, 2.24) is 19.5 Å². The smallest absolute Gasteiger partial charge is 0.143 e. The van der Waals surface area contributed by atoms with Crippen molar-refractivity contribution in [3.63, 3.8) is 0 Å². The van der Waals surface area contributed by atoms with Crippen LogP contribution in [0.15, 0.2) is 158 Å². The molecule has 6 aromatic carbocycles. The van der Waals surface area contributed by atoms with Gasteiger partial charge in [0, 0.05) is 63.8 Å². The van der Waals surface area contributed by atoms with Crippen LogP contribution in [0.1, 0.15) is 0 Å². The number of benzene rings is 6. The molecular formula is C50H35FIrN4S2Si-2. The van der Waals surface area contributed by atoms with E-state index in [0.29, 0.717) is 15.9 Å². The second-order valence-electron chi connectivity index (χ2n) is 15.2. The summed E-state index contributed by atoms with van der Waals surface area (Å²) in [6.45, 7) is 7.00. The molecule has 0 amide bonds. The van der Waals surface area contributed by atoms with E-state index >= 15 is 4.39 Å². The fraction of sp³-hybridized carbons (Fsp3) is 0.0600. The number of rotatable bonds is 5. The van der Waals surface area contributed by atoms with Gasteiger partial charge >= 0.3 is 0 Å². The number of para-hydroxylation sites is 2. The van der Waals surface area contributed by atoms with Crippen molar-refractivity contribution < 1.29 is 24.5 Å². The molecule has 0 atom stereocenters. The molecule has 0 unspecified atom stereocenters. The molecule has 5 heterocycles. The minimum absolute atomic E-state index is 0. The average molecular weight is 995 g/mol. The van der Waals surface area contributed by atoms with Crippen LogP contribution < -0.4 is 5.19 Å². The van der Waals surface area contributed by atoms with Crippen LogP contribution in [0.2, 0.25) is 19.6 Å². The molecule has 9 heteroatoms. The minimum atomic E-state index is -1.23. The first kappa shape index (κ1) is 38.8. The van der Waals surface area contributed by atoms with Gasteiger partial charge in [-0.15, -0.1) is 65.4 Å². The van der Waals surface area contributed by atoms with Gasteiger partial charge in [0.25, 0.3) is 0 Å². The maximum Gasteiger partial charge on any atom is 0.143 e. The summed E-state index contributed by atoms with van der Waals surface area (Å²) in [5, 5.41) is 4.77. The summed E-state index contributed by atoms with van der Waals surface area (Å²) in [5.74, 6) is 0.505. The molecule has 0 fully saturated rings. The van der Waals surface area contributed by atoms with E-state index in [2.05, 4.69) is 102 Å². The second kappa shape index (κ2) is 15.8. The zero-order valence-corrected chi connectivity index (χ0v) is 37.4. The van der Waals surface area contributed by atoms with Gasteiger partial charge in [-0.05, 0) is 52.0 Å². The summed E-state index contributed by atoms with van der Waals surface area (Å²) >= 11 is 3.22. The van der Waals surface area contributed by atoms with Crippen molar-refractivity contribution >= 4 is 87.4 Å². The molecule has 0 saturated carbocycles. The molecule has 289 valence electrons. The van der Waals surface area contributed by atoms with Gasteiger partial charge in [-0.25, -0.2) is 9.37 Å². The quantitative estimate of drug-likeness (QED) is 0.127. The minimum Gasteiger partial charge on any atom is -0.333 e. The molecule has 11 aromatic rings. The maximum absolute atomic E-state index is 15.6. The molecule has 0 aliphatic heterocycles. The van der Waals surface area contributed by atoms with Gasteiger partial charge in [0.15, 0.2) is 0 Å². The average Bonchev–Trinajstić information content (AvgIpc) is 3.96. The molecule has 0 spiro atoms. The number of aromatic nitrogens is 4. The van der Waals surface area contributed by atoms with Gasteiger partial charge < -0.3 is 9.55 Å². The van der Waals surface area contributed by atoms with E-state index in [-0.39, 0.29) is 25.9 Å². The summed E-state index contributed by atoms with van der Waals surface area (Å²) < 4.78 is 21.8. The van der Waals surface area contributed by atoms with Gasteiger partial charge in [0.1, 0.15) is 5.82 Å². The standard InChI is InChI=1S/C36H19FN3S2.C14H16NSi.Ir/c37-27-20-29(21-9-2-1-3-10-21)38-33-24-12-8-13-25(34(24)42-35(27)33)36-39-28-14-5-6-15-30(28)40(36)22-17-18-32-26(19-22)23-11-4-7-16-31(23)41-32;1-16(2,3)13-9-10-14(15-11-13)12-7-5-4-6-8-12;/h1-12,14-20H;4-7,9-11H,1-3H3;/q2*-1;. The van der Waals surface area contributed by atoms with Crippen LogP contribution in [-0.4, -0.2) is 27.6 Å². The van der Waals surface area contributed by atoms with Crippen LogP contribution >= 0.6 is 22.7 Å². The number of hydrogen-bond acceptors (Lipinski definition) is 5. The van der Waals surface area contributed by atoms with Crippen LogP contribution in [-0.2, 0) is 20.1 Å². The van der Waals surface area contributed by atoms with Gasteiger partial charge in [-0.3, -0.25) is 4.98 Å². The number of imidazole rings is 1. The van der Waals surface area contributed by atoms with Crippen molar-refractivity contribution in [2.45, 2.75) is 19.6 Å². The summed E-state index contributed by atoms with van der Waals surface area (Å²) in [4.78, 5) is 14.6. The van der Waals surface area contributed by atoms with Crippen molar-refractivity contribution in [3.8, 4) is 39.6 Å². The molecule has 0 aliphatic carbocycles. The van der Waals surface area contributed by atoms with E-state index < -0.39 is 8.07 Å². The predicted octanol–water partition coefficient (Wildman–Crippen LogP) is 13.5. The van der Waals surface area contributed by atoms with E-state index in [0.717, 1.165) is 55.0 Å². The number of hydrogen-bond donors (Lipinski definition) is 0. The molecule has 1 radical (unpaired) electrons. The topological polar surface area (TPSA) is 43.6 Å². The molecule has 59 heavy (non-hydrogen) atoms. The monoisotopic (exact) mass is 995 g/mol. The Morgan fingerprint density at radius 1 is 0.627 bits per heavy atom. The molecule has 0 bridgehead atoms. The molecular weight excluding hydrogens is 960 g/mol. The van der Waals surface area contributed by atoms with Gasteiger partial charge in [0.2, 0.25) is 0 Å². The van der Waals surface area contributed by atoms with Crippen LogP contribution in [0.4, 0.5) is 4.39 Å². The van der Waals surface area contributed by atoms with Gasteiger partial charge in [-0.1, -0.05) is 103 Å². The number of pyridine rings is 2. The Kier molecular flexibility index (Phi) is 10.4. The fourth-order valence-corrected chi connectivity index (χ4v) is 10.7. The molecule has 4 nitrogen and oxygen atoms in total. The van der Waals surface area contributed by atoms with E-state index in [9.17, 15) is 0 Å². The van der Waals surface area contributed by atoms with Crippen LogP contribution in [0, 0.1) is 17.9 Å². The SMILES string of the molecule is C[Si](C)(C)c1ccc(-c2[c-]cccc2)nc1.Fc1cc(-c2ccccc2)nc2c1sc1c(-c3nc4ccccc4n3-c3ccc4sc5ccccc5c4c3)[c-]ccc12.[Ir]. The second-order valence-corrected chi connectivity index (χ2v) is 22.4. The van der Waals surface area contributed by atoms with E-state index in [1.807, 2.05) is 91.1 Å². The Morgan fingerprint density at radius 2 is 1.41 bits per heavy atom. The molecule has 0 N–H and O–H groups in total. The molecule has 5 aromatic heterocycles. The van der Waals surface area contributed by atoms with Gasteiger partial charge in [0.05, 0.1) is 40.8 Å². The summed E-state index contributed by atoms with van der Waals surface area (Å²) in [7, 11) is -1.23. The largest absolute Gasteiger partial charge is 0.333 e. The van der Waals surface area contributed by atoms with Crippen LogP contribution in [0.25, 0.3) is 91.1 Å². The van der Waals surface area contributed by atoms with Crippen molar-refractivity contribution in [2.75, 3.05) is 0 Å². The normalized spacial score (nSPS) is 11.6. The number of nitrogens with zero attached hydrogens (tertiary/aromatic N) is 4. The van der Waals surface area contributed by atoms with Gasteiger partial charge in [-0.2, -0.15) is 11.3 Å². The first-order valence-electron chi connectivity index (χ1n) is 19.1. The van der Waals surface area contributed by atoms with Crippen molar-refractivity contribution in [1.29, 1.82) is 0 Å². The van der Waals surface area contributed by atoms with Crippen molar-refractivity contribution in [2.24, 2.45) is 0 Å².